The third-order valence-electron chi connectivity index (χ3n) is 4.77. The predicted molar refractivity (Wildman–Crippen MR) is 101 cm³/mol. The van der Waals surface area contributed by atoms with Crippen LogP contribution in [0.5, 0.6) is 0 Å². The fraction of sp³-hybridized carbons (Fsp3) is 0.263. The molecule has 1 saturated heterocycles. The number of hydrogen-bond donors (Lipinski definition) is 3. The maximum absolute atomic E-state index is 11.2. The van der Waals surface area contributed by atoms with Crippen LogP contribution in [0.2, 0.25) is 5.02 Å². The number of quaternary nitrogens is 1. The molecule has 28 heavy (non-hydrogen) atoms. The molecule has 146 valence electrons. The molecule has 0 amide bonds. The van der Waals surface area contributed by atoms with Crippen LogP contribution in [-0.2, 0) is 6.54 Å². The summed E-state index contributed by atoms with van der Waals surface area (Å²) in [6.45, 7) is 1.12. The maximum Gasteiger partial charge on any atom is 0.244 e. The van der Waals surface area contributed by atoms with Gasteiger partial charge in [0.05, 0.1) is 12.1 Å². The second-order valence-electron chi connectivity index (χ2n) is 6.80. The zero-order valence-electron chi connectivity index (χ0n) is 14.8. The van der Waals surface area contributed by atoms with Crippen LogP contribution in [0.15, 0.2) is 53.1 Å². The summed E-state index contributed by atoms with van der Waals surface area (Å²) >= 11 is 5.94. The van der Waals surface area contributed by atoms with Crippen molar-refractivity contribution in [3.8, 4) is 11.4 Å². The number of benzene rings is 2. The van der Waals surface area contributed by atoms with Gasteiger partial charge in [-0.1, -0.05) is 41.0 Å². The first-order chi connectivity index (χ1) is 13.5. The van der Waals surface area contributed by atoms with Crippen molar-refractivity contribution in [3.05, 3.63) is 70.2 Å². The number of aliphatic hydroxyl groups is 1. The van der Waals surface area contributed by atoms with Gasteiger partial charge in [0, 0.05) is 35.8 Å². The van der Waals surface area contributed by atoms with Gasteiger partial charge in [-0.15, -0.1) is 0 Å². The molecule has 4 rings (SSSR count). The lowest BCUT2D eigenvalue weighted by Crippen LogP contribution is -2.99. The van der Waals surface area contributed by atoms with Gasteiger partial charge >= 0.3 is 0 Å². The molecule has 3 aromatic rings. The van der Waals surface area contributed by atoms with E-state index in [4.69, 9.17) is 21.3 Å². The molecule has 8 nitrogen and oxygen atoms in total. The van der Waals surface area contributed by atoms with Crippen molar-refractivity contribution in [3.63, 3.8) is 0 Å². The molecule has 0 saturated carbocycles. The van der Waals surface area contributed by atoms with Gasteiger partial charge in [0.15, 0.2) is 5.69 Å². The molecule has 1 aliphatic rings. The number of halogens is 1. The summed E-state index contributed by atoms with van der Waals surface area (Å²) in [6.07, 6.45) is 0.00712. The Kier molecular flexibility index (Phi) is 5.40. The highest BCUT2D eigenvalue weighted by molar-refractivity contribution is 6.30. The summed E-state index contributed by atoms with van der Waals surface area (Å²) < 4.78 is 5.46. The van der Waals surface area contributed by atoms with Gasteiger partial charge in [-0.05, 0) is 24.1 Å². The molecule has 0 radical (unpaired) electrons. The van der Waals surface area contributed by atoms with Gasteiger partial charge in [-0.3, -0.25) is 4.90 Å². The second-order valence-corrected chi connectivity index (χ2v) is 7.24. The monoisotopic (exact) mass is 402 g/mol. The van der Waals surface area contributed by atoms with Gasteiger partial charge in [0.25, 0.3) is 0 Å². The van der Waals surface area contributed by atoms with E-state index in [9.17, 15) is 10.3 Å². The minimum absolute atomic E-state index is 0.157. The molecule has 0 spiro atoms. The molecule has 1 aromatic heterocycles. The van der Waals surface area contributed by atoms with Gasteiger partial charge < -0.3 is 14.8 Å². The molecule has 3 N–H and O–H groups in total. The molecule has 2 heterocycles. The highest BCUT2D eigenvalue weighted by Gasteiger charge is 2.36. The summed E-state index contributed by atoms with van der Waals surface area (Å²) in [4.78, 5) is 6.54. The minimum atomic E-state index is -1.02. The number of nitrogens with zero attached hydrogens (tertiary/aromatic N) is 3. The Morgan fingerprint density at radius 3 is 2.79 bits per heavy atom. The Balaban J connectivity index is 1.56. The van der Waals surface area contributed by atoms with Crippen LogP contribution < -0.4 is 5.23 Å². The Morgan fingerprint density at radius 1 is 1.25 bits per heavy atom. The van der Waals surface area contributed by atoms with E-state index in [0.717, 1.165) is 5.56 Å². The second kappa shape index (κ2) is 7.96. The third kappa shape index (κ3) is 4.07. The van der Waals surface area contributed by atoms with Crippen LogP contribution >= 0.6 is 11.6 Å². The van der Waals surface area contributed by atoms with Crippen LogP contribution in [0.1, 0.15) is 23.9 Å². The fourth-order valence-electron chi connectivity index (χ4n) is 3.41. The normalized spacial score (nSPS) is 21.1. The molecule has 1 unspecified atom stereocenters. The lowest BCUT2D eigenvalue weighted by atomic mass is 10.1. The van der Waals surface area contributed by atoms with Gasteiger partial charge in [0.1, 0.15) is 0 Å². The molecular formula is C19H19ClN4O4. The van der Waals surface area contributed by atoms with E-state index in [1.165, 1.54) is 12.1 Å². The quantitative estimate of drug-likeness (QED) is 0.560. The zero-order chi connectivity index (χ0) is 19.7. The lowest BCUT2D eigenvalue weighted by Gasteiger charge is -2.21. The molecule has 1 fully saturated rings. The number of aliphatic hydroxyl groups excluding tert-OH is 1. The molecule has 1 aliphatic heterocycles. The molecular weight excluding hydrogens is 384 g/mol. The Morgan fingerprint density at radius 2 is 2.04 bits per heavy atom. The summed E-state index contributed by atoms with van der Waals surface area (Å²) in [6, 6.07) is 13.7. The lowest BCUT2D eigenvalue weighted by molar-refractivity contribution is -0.991. The van der Waals surface area contributed by atoms with E-state index in [1.807, 2.05) is 24.3 Å². The largest absolute Gasteiger partial charge is 0.595 e. The van der Waals surface area contributed by atoms with Crippen molar-refractivity contribution in [2.24, 2.45) is 0 Å². The zero-order valence-corrected chi connectivity index (χ0v) is 15.6. The van der Waals surface area contributed by atoms with Crippen LogP contribution in [0.25, 0.3) is 11.4 Å². The van der Waals surface area contributed by atoms with Crippen molar-refractivity contribution in [1.82, 2.24) is 15.0 Å². The minimum Gasteiger partial charge on any atom is -0.595 e. The third-order valence-corrected chi connectivity index (χ3v) is 5.03. The van der Waals surface area contributed by atoms with Crippen LogP contribution in [0.3, 0.4) is 0 Å². The van der Waals surface area contributed by atoms with E-state index >= 15 is 0 Å². The van der Waals surface area contributed by atoms with Crippen molar-refractivity contribution in [1.29, 1.82) is 0 Å². The highest BCUT2D eigenvalue weighted by atomic mass is 35.5. The maximum atomic E-state index is 11.2. The van der Waals surface area contributed by atoms with Gasteiger partial charge in [-0.2, -0.15) is 10.2 Å². The van der Waals surface area contributed by atoms with E-state index in [-0.39, 0.29) is 11.7 Å². The summed E-state index contributed by atoms with van der Waals surface area (Å²) in [5.41, 5.74) is 1.79. The number of rotatable bonds is 5. The van der Waals surface area contributed by atoms with Gasteiger partial charge in [0.2, 0.25) is 11.7 Å². The smallest absolute Gasteiger partial charge is 0.244 e. The highest BCUT2D eigenvalue weighted by Crippen LogP contribution is 2.33. The molecule has 9 heteroatoms. The predicted octanol–water partition coefficient (Wildman–Crippen LogP) is 2.10. The van der Waals surface area contributed by atoms with Crippen LogP contribution in [0, 0.1) is 5.21 Å². The summed E-state index contributed by atoms with van der Waals surface area (Å²) in [5.74, 6) is 0.729. The Hall–Kier alpha value is -2.33. The Bertz CT molecular complexity index is 947. The van der Waals surface area contributed by atoms with E-state index in [2.05, 4.69) is 15.0 Å². The summed E-state index contributed by atoms with van der Waals surface area (Å²) in [7, 11) is 0. The average Bonchev–Trinajstić information content (AvgIpc) is 3.30. The molecule has 3 atom stereocenters. The standard InChI is InChI=1S/C19H19ClN4O4/c20-14-6-4-12(5-7-14)10-23-11-16(25)9-17(23)19-21-18(22-28-19)13-2-1-3-15(8-13)24(26)27/h1-8,16-17,24-26H,9-11H2/t16-,17+/m1/s1. The molecule has 2 aromatic carbocycles. The summed E-state index contributed by atoms with van der Waals surface area (Å²) in [5, 5.41) is 34.1. The topological polar surface area (TPSA) is 110 Å². The van der Waals surface area contributed by atoms with Crippen LogP contribution in [0.4, 0.5) is 5.69 Å². The van der Waals surface area contributed by atoms with E-state index in [1.54, 1.807) is 12.1 Å². The number of β-amino-alcohol motifs (C(OH)–C–C–N with tert-alkyl or cyclic N) is 1. The number of aromatic nitrogens is 2. The SMILES string of the molecule is [O-][NH+](O)c1cccc(-c2noc([C@@H]3C[C@@H](O)CN3Cc3ccc(Cl)cc3)n2)c1. The van der Waals surface area contributed by atoms with Crippen molar-refractivity contribution >= 4 is 17.3 Å². The number of hydrogen-bond acceptors (Lipinski definition) is 7. The molecule has 0 bridgehead atoms. The van der Waals surface area contributed by atoms with Gasteiger partial charge in [-0.25, -0.2) is 5.21 Å². The van der Waals surface area contributed by atoms with E-state index < -0.39 is 11.3 Å². The fourth-order valence-corrected chi connectivity index (χ4v) is 3.54. The molecule has 0 aliphatic carbocycles. The first-order valence-electron chi connectivity index (χ1n) is 8.83. The first kappa shape index (κ1) is 19.0. The number of nitrogens with one attached hydrogen (secondary N) is 1. The van der Waals surface area contributed by atoms with Crippen molar-refractivity contribution in [2.45, 2.75) is 25.1 Å². The van der Waals surface area contributed by atoms with Crippen molar-refractivity contribution in [2.75, 3.05) is 6.54 Å². The van der Waals surface area contributed by atoms with Crippen LogP contribution in [-0.4, -0.2) is 38.0 Å². The number of likely N-dealkylation sites (tertiary alicyclic amines) is 1. The van der Waals surface area contributed by atoms with Crippen molar-refractivity contribution < 1.29 is 20.1 Å². The average molecular weight is 403 g/mol. The first-order valence-corrected chi connectivity index (χ1v) is 9.21. The Labute approximate surface area is 166 Å². The van der Waals surface area contributed by atoms with E-state index in [0.29, 0.717) is 41.8 Å².